The van der Waals surface area contributed by atoms with Crippen molar-refractivity contribution in [3.63, 3.8) is 0 Å². The second-order valence-electron chi connectivity index (χ2n) is 5.02. The Morgan fingerprint density at radius 1 is 1.07 bits per heavy atom. The van der Waals surface area contributed by atoms with Crippen LogP contribution in [0.2, 0.25) is 0 Å². The maximum atomic E-state index is 2.34. The van der Waals surface area contributed by atoms with Crippen LogP contribution in [-0.2, 0) is 13.0 Å². The molecule has 0 aliphatic heterocycles. The van der Waals surface area contributed by atoms with Gasteiger partial charge in [-0.1, -0.05) is 37.6 Å². The quantitative estimate of drug-likeness (QED) is 0.644. The lowest BCUT2D eigenvalue weighted by Crippen LogP contribution is -2.33. The van der Waals surface area contributed by atoms with Crippen LogP contribution >= 0.6 is 0 Å². The van der Waals surface area contributed by atoms with Crippen LogP contribution in [0.5, 0.6) is 0 Å². The van der Waals surface area contributed by atoms with Gasteiger partial charge in [0.15, 0.2) is 0 Å². The normalized spacial score (nSPS) is 11.7. The molecule has 78 valence electrons. The Hall–Kier alpha value is -0.820. The molecule has 0 saturated carbocycles. The number of aryl methyl sites for hydroxylation is 1. The van der Waals surface area contributed by atoms with Gasteiger partial charge in [-0.25, -0.2) is 0 Å². The van der Waals surface area contributed by atoms with Crippen molar-refractivity contribution < 1.29 is 4.48 Å². The van der Waals surface area contributed by atoms with Gasteiger partial charge in [0.2, 0.25) is 0 Å². The van der Waals surface area contributed by atoms with E-state index in [9.17, 15) is 0 Å². The molecule has 0 unspecified atom stereocenters. The molecule has 0 aromatic heterocycles. The summed E-state index contributed by atoms with van der Waals surface area (Å²) in [7, 11) is 6.69. The molecule has 0 bridgehead atoms. The maximum Gasteiger partial charge on any atom is 0.104 e. The predicted octanol–water partition coefficient (Wildman–Crippen LogP) is 2.85. The largest absolute Gasteiger partial charge is 0.327 e. The van der Waals surface area contributed by atoms with Gasteiger partial charge in [0.05, 0.1) is 21.1 Å². The molecule has 1 heteroatoms. The van der Waals surface area contributed by atoms with Gasteiger partial charge in [0.1, 0.15) is 6.54 Å². The molecular weight excluding hydrogens is 170 g/mol. The minimum atomic E-state index is 0.996. The number of rotatable bonds is 4. The van der Waals surface area contributed by atoms with Crippen molar-refractivity contribution in [2.45, 2.75) is 26.3 Å². The van der Waals surface area contributed by atoms with Gasteiger partial charge in [-0.3, -0.25) is 0 Å². The summed E-state index contributed by atoms with van der Waals surface area (Å²) in [5.41, 5.74) is 2.92. The average molecular weight is 192 g/mol. The molecule has 0 aliphatic rings. The van der Waals surface area contributed by atoms with Gasteiger partial charge in [0.25, 0.3) is 0 Å². The molecule has 0 spiro atoms. The van der Waals surface area contributed by atoms with Crippen LogP contribution in [0.3, 0.4) is 0 Å². The van der Waals surface area contributed by atoms with E-state index in [-0.39, 0.29) is 0 Å². The van der Waals surface area contributed by atoms with Crippen LogP contribution in [0.15, 0.2) is 24.3 Å². The molecule has 1 aromatic rings. The summed E-state index contributed by atoms with van der Waals surface area (Å²) >= 11 is 0. The van der Waals surface area contributed by atoms with Crippen molar-refractivity contribution in [1.82, 2.24) is 0 Å². The highest BCUT2D eigenvalue weighted by molar-refractivity contribution is 5.22. The van der Waals surface area contributed by atoms with Gasteiger partial charge in [-0.2, -0.15) is 0 Å². The van der Waals surface area contributed by atoms with Gasteiger partial charge >= 0.3 is 0 Å². The van der Waals surface area contributed by atoms with Gasteiger partial charge < -0.3 is 4.48 Å². The Morgan fingerprint density at radius 3 is 2.29 bits per heavy atom. The third-order valence-electron chi connectivity index (χ3n) is 2.19. The highest BCUT2D eigenvalue weighted by atomic mass is 15.3. The Labute approximate surface area is 88.0 Å². The van der Waals surface area contributed by atoms with Crippen LogP contribution < -0.4 is 0 Å². The number of hydrogen-bond donors (Lipinski definition) is 0. The number of benzene rings is 1. The smallest absolute Gasteiger partial charge is 0.104 e. The predicted molar refractivity (Wildman–Crippen MR) is 62.2 cm³/mol. The molecule has 14 heavy (non-hydrogen) atoms. The first-order valence-electron chi connectivity index (χ1n) is 5.39. The number of quaternary nitrogens is 1. The lowest BCUT2D eigenvalue weighted by molar-refractivity contribution is -0.884. The average Bonchev–Trinajstić information content (AvgIpc) is 2.02. The van der Waals surface area contributed by atoms with E-state index in [0.717, 1.165) is 11.0 Å². The van der Waals surface area contributed by atoms with E-state index in [2.05, 4.69) is 52.3 Å². The summed E-state index contributed by atoms with van der Waals surface area (Å²) in [6.07, 6.45) is 2.43. The minimum absolute atomic E-state index is 0.996. The SMILES string of the molecule is CCCc1cccc(C[N+](C)(C)C)c1. The second-order valence-corrected chi connectivity index (χ2v) is 5.02. The first-order chi connectivity index (χ1) is 6.51. The van der Waals surface area contributed by atoms with Crippen molar-refractivity contribution in [3.8, 4) is 0 Å². The van der Waals surface area contributed by atoms with Gasteiger partial charge in [-0.15, -0.1) is 0 Å². The van der Waals surface area contributed by atoms with E-state index in [0.29, 0.717) is 0 Å². The van der Waals surface area contributed by atoms with Crippen LogP contribution in [0.4, 0.5) is 0 Å². The Balaban J connectivity index is 2.73. The van der Waals surface area contributed by atoms with Crippen molar-refractivity contribution in [2.24, 2.45) is 0 Å². The van der Waals surface area contributed by atoms with Gasteiger partial charge in [0, 0.05) is 5.56 Å². The van der Waals surface area contributed by atoms with E-state index in [4.69, 9.17) is 0 Å². The monoisotopic (exact) mass is 192 g/mol. The van der Waals surface area contributed by atoms with Crippen LogP contribution in [0.1, 0.15) is 24.5 Å². The Bertz CT molecular complexity index is 284. The maximum absolute atomic E-state index is 2.34. The fraction of sp³-hybridized carbons (Fsp3) is 0.538. The summed E-state index contributed by atoms with van der Waals surface area (Å²) < 4.78 is 0.996. The zero-order chi connectivity index (χ0) is 10.6. The summed E-state index contributed by atoms with van der Waals surface area (Å²) in [6, 6.07) is 8.97. The molecule has 0 amide bonds. The van der Waals surface area contributed by atoms with Crippen molar-refractivity contribution in [1.29, 1.82) is 0 Å². The fourth-order valence-electron chi connectivity index (χ4n) is 1.72. The molecule has 0 saturated heterocycles. The summed E-state index contributed by atoms with van der Waals surface area (Å²) in [6.45, 7) is 3.34. The fourth-order valence-corrected chi connectivity index (χ4v) is 1.72. The molecule has 1 nitrogen and oxygen atoms in total. The van der Waals surface area contributed by atoms with E-state index < -0.39 is 0 Å². The summed E-state index contributed by atoms with van der Waals surface area (Å²) in [5, 5.41) is 0. The van der Waals surface area contributed by atoms with Crippen molar-refractivity contribution >= 4 is 0 Å². The highest BCUT2D eigenvalue weighted by Crippen LogP contribution is 2.11. The van der Waals surface area contributed by atoms with Crippen LogP contribution in [0, 0.1) is 0 Å². The Morgan fingerprint density at radius 2 is 1.71 bits per heavy atom. The standard InChI is InChI=1S/C13H22N/c1-5-7-12-8-6-9-13(10-12)11-14(2,3)4/h6,8-10H,5,7,11H2,1-4H3/q+1. The van der Waals surface area contributed by atoms with E-state index in [1.807, 2.05) is 0 Å². The molecule has 0 N–H and O–H groups in total. The third kappa shape index (κ3) is 3.93. The summed E-state index contributed by atoms with van der Waals surface area (Å²) in [4.78, 5) is 0. The molecule has 0 heterocycles. The van der Waals surface area contributed by atoms with Crippen molar-refractivity contribution in [3.05, 3.63) is 35.4 Å². The molecule has 1 aromatic carbocycles. The molecule has 0 aliphatic carbocycles. The highest BCUT2D eigenvalue weighted by Gasteiger charge is 2.08. The second kappa shape index (κ2) is 4.61. The molecular formula is C13H22N+. The van der Waals surface area contributed by atoms with Gasteiger partial charge in [-0.05, 0) is 12.0 Å². The topological polar surface area (TPSA) is 0 Å². The Kier molecular flexibility index (Phi) is 3.70. The molecule has 0 atom stereocenters. The molecule has 0 radical (unpaired) electrons. The molecule has 1 rings (SSSR count). The first kappa shape index (κ1) is 11.3. The lowest BCUT2D eigenvalue weighted by atomic mass is 10.1. The van der Waals surface area contributed by atoms with E-state index >= 15 is 0 Å². The van der Waals surface area contributed by atoms with Crippen LogP contribution in [0.25, 0.3) is 0 Å². The van der Waals surface area contributed by atoms with E-state index in [1.165, 1.54) is 24.0 Å². The first-order valence-corrected chi connectivity index (χ1v) is 5.39. The van der Waals surface area contributed by atoms with Crippen LogP contribution in [-0.4, -0.2) is 25.6 Å². The number of nitrogens with zero attached hydrogens (tertiary/aromatic N) is 1. The number of hydrogen-bond acceptors (Lipinski definition) is 0. The minimum Gasteiger partial charge on any atom is -0.327 e. The van der Waals surface area contributed by atoms with Crippen molar-refractivity contribution in [2.75, 3.05) is 21.1 Å². The third-order valence-corrected chi connectivity index (χ3v) is 2.19. The van der Waals surface area contributed by atoms with E-state index in [1.54, 1.807) is 0 Å². The summed E-state index contributed by atoms with van der Waals surface area (Å²) in [5.74, 6) is 0. The zero-order valence-corrected chi connectivity index (χ0v) is 9.88. The lowest BCUT2D eigenvalue weighted by Gasteiger charge is -2.24. The zero-order valence-electron chi connectivity index (χ0n) is 9.88. The molecule has 0 fully saturated rings.